The lowest BCUT2D eigenvalue weighted by atomic mass is 10.4. The lowest BCUT2D eigenvalue weighted by molar-refractivity contribution is -0.0437. The van der Waals surface area contributed by atoms with E-state index in [0.717, 1.165) is 18.2 Å². The van der Waals surface area contributed by atoms with Crippen LogP contribution in [0.25, 0.3) is 0 Å². The van der Waals surface area contributed by atoms with Crippen molar-refractivity contribution in [2.24, 2.45) is 0 Å². The SMILES string of the molecule is CC(CCCl)S(=O)(=O)c1ccccc1S(=O)(=O)C(F)(F)F. The van der Waals surface area contributed by atoms with Gasteiger partial charge in [0.15, 0.2) is 9.84 Å². The van der Waals surface area contributed by atoms with Gasteiger partial charge in [-0.3, -0.25) is 0 Å². The molecule has 0 amide bonds. The molecule has 0 aliphatic rings. The van der Waals surface area contributed by atoms with Crippen molar-refractivity contribution in [2.45, 2.75) is 33.9 Å². The molecule has 1 rings (SSSR count). The van der Waals surface area contributed by atoms with Crippen LogP contribution in [0, 0.1) is 0 Å². The van der Waals surface area contributed by atoms with Gasteiger partial charge < -0.3 is 0 Å². The van der Waals surface area contributed by atoms with Gasteiger partial charge in [-0.1, -0.05) is 12.1 Å². The minimum atomic E-state index is -5.75. The maximum absolute atomic E-state index is 12.6. The van der Waals surface area contributed by atoms with Crippen molar-refractivity contribution in [1.82, 2.24) is 0 Å². The number of hydrogen-bond donors (Lipinski definition) is 0. The van der Waals surface area contributed by atoms with Crippen LogP contribution < -0.4 is 0 Å². The Hall–Kier alpha value is -0.800. The third-order valence-corrected chi connectivity index (χ3v) is 6.95. The van der Waals surface area contributed by atoms with Crippen molar-refractivity contribution in [2.75, 3.05) is 5.88 Å². The molecule has 0 aromatic heterocycles. The van der Waals surface area contributed by atoms with Crippen LogP contribution in [-0.4, -0.2) is 33.5 Å². The Bertz CT molecular complexity index is 711. The molecule has 0 radical (unpaired) electrons. The molecule has 1 aromatic carbocycles. The first-order chi connectivity index (χ1) is 9.46. The van der Waals surface area contributed by atoms with Gasteiger partial charge in [-0.2, -0.15) is 13.2 Å². The Kier molecular flexibility index (Phi) is 5.33. The average molecular weight is 365 g/mol. The zero-order valence-corrected chi connectivity index (χ0v) is 13.2. The van der Waals surface area contributed by atoms with Gasteiger partial charge in [0.25, 0.3) is 9.84 Å². The monoisotopic (exact) mass is 364 g/mol. The molecule has 0 saturated carbocycles. The molecule has 4 nitrogen and oxygen atoms in total. The van der Waals surface area contributed by atoms with Crippen molar-refractivity contribution in [3.05, 3.63) is 24.3 Å². The fraction of sp³-hybridized carbons (Fsp3) is 0.455. The second-order valence-corrected chi connectivity index (χ2v) is 8.85. The highest BCUT2D eigenvalue weighted by Crippen LogP contribution is 2.35. The molecular formula is C11H12ClF3O4S2. The molecule has 21 heavy (non-hydrogen) atoms. The second-order valence-electron chi connectivity index (χ2n) is 4.23. The number of alkyl halides is 4. The van der Waals surface area contributed by atoms with Gasteiger partial charge in [-0.05, 0) is 25.5 Å². The Balaban J connectivity index is 3.57. The quantitative estimate of drug-likeness (QED) is 0.753. The number of halogens is 4. The van der Waals surface area contributed by atoms with E-state index in [9.17, 15) is 30.0 Å². The first kappa shape index (κ1) is 18.2. The fourth-order valence-corrected chi connectivity index (χ4v) is 5.01. The zero-order chi connectivity index (χ0) is 16.5. The van der Waals surface area contributed by atoms with E-state index in [4.69, 9.17) is 11.6 Å². The van der Waals surface area contributed by atoms with Crippen molar-refractivity contribution < 1.29 is 30.0 Å². The number of hydrogen-bond acceptors (Lipinski definition) is 4. The number of sulfone groups is 2. The molecule has 0 spiro atoms. The molecule has 1 unspecified atom stereocenters. The third kappa shape index (κ3) is 3.51. The van der Waals surface area contributed by atoms with E-state index in [0.29, 0.717) is 6.07 Å². The summed E-state index contributed by atoms with van der Waals surface area (Å²) >= 11 is 5.43. The molecule has 120 valence electrons. The molecule has 0 bridgehead atoms. The molecule has 0 N–H and O–H groups in total. The smallest absolute Gasteiger partial charge is 0.223 e. The molecule has 0 fully saturated rings. The van der Waals surface area contributed by atoms with Crippen molar-refractivity contribution >= 4 is 31.3 Å². The summed E-state index contributed by atoms with van der Waals surface area (Å²) in [5, 5.41) is -1.10. The largest absolute Gasteiger partial charge is 0.501 e. The van der Waals surface area contributed by atoms with Gasteiger partial charge in [0.2, 0.25) is 0 Å². The van der Waals surface area contributed by atoms with Crippen LogP contribution in [0.3, 0.4) is 0 Å². The summed E-state index contributed by atoms with van der Waals surface area (Å²) in [4.78, 5) is -2.13. The van der Waals surface area contributed by atoms with Crippen molar-refractivity contribution in [3.63, 3.8) is 0 Å². The first-order valence-electron chi connectivity index (χ1n) is 5.66. The minimum Gasteiger partial charge on any atom is -0.223 e. The van der Waals surface area contributed by atoms with Gasteiger partial charge in [0.05, 0.1) is 15.0 Å². The zero-order valence-electron chi connectivity index (χ0n) is 10.8. The Morgan fingerprint density at radius 2 is 1.57 bits per heavy atom. The van der Waals surface area contributed by atoms with Crippen molar-refractivity contribution in [3.8, 4) is 0 Å². The molecule has 1 atom stereocenters. The van der Waals surface area contributed by atoms with Gasteiger partial charge in [-0.15, -0.1) is 11.6 Å². The second kappa shape index (κ2) is 6.13. The van der Waals surface area contributed by atoms with Crippen LogP contribution in [0.5, 0.6) is 0 Å². The highest BCUT2D eigenvalue weighted by Gasteiger charge is 2.49. The highest BCUT2D eigenvalue weighted by molar-refractivity contribution is 7.95. The molecule has 1 aromatic rings. The maximum Gasteiger partial charge on any atom is 0.501 e. The van der Waals surface area contributed by atoms with Gasteiger partial charge in [-0.25, -0.2) is 16.8 Å². The third-order valence-electron chi connectivity index (χ3n) is 2.80. The first-order valence-corrected chi connectivity index (χ1v) is 9.23. The van der Waals surface area contributed by atoms with E-state index in [1.807, 2.05) is 0 Å². The van der Waals surface area contributed by atoms with E-state index in [-0.39, 0.29) is 12.3 Å². The summed E-state index contributed by atoms with van der Waals surface area (Å²) in [6.45, 7) is 1.26. The average Bonchev–Trinajstić information content (AvgIpc) is 2.37. The normalized spacial score (nSPS) is 14.9. The highest BCUT2D eigenvalue weighted by atomic mass is 35.5. The molecule has 0 aliphatic heterocycles. The van der Waals surface area contributed by atoms with Crippen LogP contribution in [0.1, 0.15) is 13.3 Å². The molecule has 10 heteroatoms. The number of rotatable bonds is 5. The minimum absolute atomic E-state index is 0.00963. The van der Waals surface area contributed by atoms with Crippen LogP contribution >= 0.6 is 11.6 Å². The van der Waals surface area contributed by atoms with E-state index in [1.54, 1.807) is 0 Å². The lowest BCUT2D eigenvalue weighted by Crippen LogP contribution is -2.27. The maximum atomic E-state index is 12.6. The summed E-state index contributed by atoms with van der Waals surface area (Å²) < 4.78 is 85.3. The van der Waals surface area contributed by atoms with E-state index >= 15 is 0 Å². The Labute approximate surface area is 125 Å². The van der Waals surface area contributed by atoms with Gasteiger partial charge >= 0.3 is 5.51 Å². The standard InChI is InChI=1S/C11H12ClF3O4S2/c1-8(6-7-12)20(16,17)9-4-2-3-5-10(9)21(18,19)11(13,14)15/h2-5,8H,6-7H2,1H3. The van der Waals surface area contributed by atoms with Crippen LogP contribution in [0.2, 0.25) is 0 Å². The fourth-order valence-electron chi connectivity index (χ4n) is 1.56. The lowest BCUT2D eigenvalue weighted by Gasteiger charge is -2.16. The van der Waals surface area contributed by atoms with Crippen LogP contribution in [0.4, 0.5) is 13.2 Å². The van der Waals surface area contributed by atoms with Crippen LogP contribution in [-0.2, 0) is 19.7 Å². The Morgan fingerprint density at radius 3 is 2.00 bits per heavy atom. The van der Waals surface area contributed by atoms with Gasteiger partial charge in [0.1, 0.15) is 0 Å². The Morgan fingerprint density at radius 1 is 1.10 bits per heavy atom. The summed E-state index contributed by atoms with van der Waals surface area (Å²) in [5.41, 5.74) is -5.58. The molecule has 0 heterocycles. The van der Waals surface area contributed by atoms with Gasteiger partial charge in [0, 0.05) is 5.88 Å². The summed E-state index contributed by atoms with van der Waals surface area (Å²) in [5.74, 6) is -0.0193. The number of benzene rings is 1. The van der Waals surface area contributed by atoms with Crippen molar-refractivity contribution in [1.29, 1.82) is 0 Å². The summed E-state index contributed by atoms with van der Waals surface area (Å²) in [6, 6.07) is 3.67. The van der Waals surface area contributed by atoms with E-state index in [1.165, 1.54) is 6.92 Å². The van der Waals surface area contributed by atoms with Crippen LogP contribution in [0.15, 0.2) is 34.1 Å². The predicted molar refractivity (Wildman–Crippen MR) is 71.7 cm³/mol. The molecule has 0 aliphatic carbocycles. The predicted octanol–water partition coefficient (Wildman–Crippen LogP) is 2.77. The topological polar surface area (TPSA) is 68.3 Å². The molecular weight excluding hydrogens is 353 g/mol. The van der Waals surface area contributed by atoms with E-state index in [2.05, 4.69) is 0 Å². The molecule has 0 saturated heterocycles. The van der Waals surface area contributed by atoms with E-state index < -0.39 is 40.2 Å². The summed E-state index contributed by atoms with van der Waals surface area (Å²) in [7, 11) is -9.99. The summed E-state index contributed by atoms with van der Waals surface area (Å²) in [6.07, 6.45) is -0.00963.